The third-order valence-corrected chi connectivity index (χ3v) is 4.82. The fourth-order valence-corrected chi connectivity index (χ4v) is 3.70. The first-order chi connectivity index (χ1) is 9.20. The molecule has 0 radical (unpaired) electrons. The maximum Gasteiger partial charge on any atom is 0.148 e. The summed E-state index contributed by atoms with van der Waals surface area (Å²) in [5.41, 5.74) is 6.71. The molecule has 2 heterocycles. The number of halogens is 1. The highest BCUT2D eigenvalue weighted by molar-refractivity contribution is 6.34. The SMILES string of the molecule is N#Cc1ccnc(N2CC3CCCC(N)C3C2)c1Cl. The largest absolute Gasteiger partial charge is 0.355 e. The summed E-state index contributed by atoms with van der Waals surface area (Å²) in [5, 5.41) is 9.50. The lowest BCUT2D eigenvalue weighted by molar-refractivity contribution is 0.260. The summed E-state index contributed by atoms with van der Waals surface area (Å²) < 4.78 is 0. The summed E-state index contributed by atoms with van der Waals surface area (Å²) in [5.74, 6) is 1.92. The highest BCUT2D eigenvalue weighted by Crippen LogP contribution is 2.39. The van der Waals surface area contributed by atoms with E-state index in [1.807, 2.05) is 0 Å². The van der Waals surface area contributed by atoms with Crippen LogP contribution in [0.15, 0.2) is 12.3 Å². The van der Waals surface area contributed by atoms with Gasteiger partial charge in [0, 0.05) is 25.3 Å². The van der Waals surface area contributed by atoms with Crippen LogP contribution in [0.25, 0.3) is 0 Å². The predicted octanol–water partition coefficient (Wildman–Crippen LogP) is 2.17. The van der Waals surface area contributed by atoms with Crippen LogP contribution in [0.3, 0.4) is 0 Å². The second-order valence-electron chi connectivity index (χ2n) is 5.53. The summed E-state index contributed by atoms with van der Waals surface area (Å²) in [7, 11) is 0. The second kappa shape index (κ2) is 4.99. The third kappa shape index (κ3) is 2.18. The lowest BCUT2D eigenvalue weighted by Gasteiger charge is -2.29. The molecule has 1 aromatic rings. The van der Waals surface area contributed by atoms with Crippen molar-refractivity contribution >= 4 is 17.4 Å². The lowest BCUT2D eigenvalue weighted by Crippen LogP contribution is -2.38. The summed E-state index contributed by atoms with van der Waals surface area (Å²) >= 11 is 6.26. The van der Waals surface area contributed by atoms with E-state index in [0.29, 0.717) is 28.5 Å². The Labute approximate surface area is 118 Å². The molecule has 100 valence electrons. The average molecular weight is 277 g/mol. The van der Waals surface area contributed by atoms with Crippen molar-refractivity contribution in [3.8, 4) is 6.07 Å². The first-order valence-corrected chi connectivity index (χ1v) is 7.13. The first kappa shape index (κ1) is 12.7. The van der Waals surface area contributed by atoms with E-state index in [4.69, 9.17) is 22.6 Å². The van der Waals surface area contributed by atoms with E-state index in [9.17, 15) is 0 Å². The van der Waals surface area contributed by atoms with Gasteiger partial charge >= 0.3 is 0 Å². The summed E-state index contributed by atoms with van der Waals surface area (Å²) in [6.07, 6.45) is 5.23. The minimum Gasteiger partial charge on any atom is -0.355 e. The van der Waals surface area contributed by atoms with Crippen LogP contribution < -0.4 is 10.6 Å². The molecule has 3 atom stereocenters. The topological polar surface area (TPSA) is 65.9 Å². The van der Waals surface area contributed by atoms with Crippen LogP contribution in [0.4, 0.5) is 5.82 Å². The van der Waals surface area contributed by atoms with Crippen molar-refractivity contribution in [3.05, 3.63) is 22.8 Å². The van der Waals surface area contributed by atoms with E-state index in [1.165, 1.54) is 12.8 Å². The summed E-state index contributed by atoms with van der Waals surface area (Å²) in [4.78, 5) is 6.55. The number of nitrogens with two attached hydrogens (primary N) is 1. The Morgan fingerprint density at radius 3 is 3.00 bits per heavy atom. The molecule has 1 aromatic heterocycles. The zero-order valence-corrected chi connectivity index (χ0v) is 11.5. The molecular weight excluding hydrogens is 260 g/mol. The average Bonchev–Trinajstić information content (AvgIpc) is 2.84. The highest BCUT2D eigenvalue weighted by Gasteiger charge is 2.39. The fraction of sp³-hybridized carbons (Fsp3) is 0.571. The summed E-state index contributed by atoms with van der Waals surface area (Å²) in [6.45, 7) is 1.87. The molecule has 5 heteroatoms. The van der Waals surface area contributed by atoms with Crippen molar-refractivity contribution in [3.63, 3.8) is 0 Å². The van der Waals surface area contributed by atoms with Crippen LogP contribution >= 0.6 is 11.6 Å². The molecule has 3 unspecified atom stereocenters. The molecule has 19 heavy (non-hydrogen) atoms. The Hall–Kier alpha value is -1.31. The van der Waals surface area contributed by atoms with Gasteiger partial charge in [-0.3, -0.25) is 0 Å². The van der Waals surface area contributed by atoms with Crippen molar-refractivity contribution in [1.29, 1.82) is 5.26 Å². The van der Waals surface area contributed by atoms with Gasteiger partial charge in [-0.25, -0.2) is 4.98 Å². The third-order valence-electron chi connectivity index (χ3n) is 4.44. The molecule has 0 spiro atoms. The predicted molar refractivity (Wildman–Crippen MR) is 75.0 cm³/mol. The summed E-state index contributed by atoms with van der Waals surface area (Å²) in [6, 6.07) is 4.05. The Balaban J connectivity index is 1.87. The number of nitriles is 1. The second-order valence-corrected chi connectivity index (χ2v) is 5.91. The molecule has 1 saturated carbocycles. The number of anilines is 1. The Morgan fingerprint density at radius 2 is 2.26 bits per heavy atom. The normalized spacial score (nSPS) is 29.9. The van der Waals surface area contributed by atoms with Crippen LogP contribution in [-0.2, 0) is 0 Å². The fourth-order valence-electron chi connectivity index (χ4n) is 3.43. The van der Waals surface area contributed by atoms with E-state index >= 15 is 0 Å². The van der Waals surface area contributed by atoms with Crippen LogP contribution in [0.5, 0.6) is 0 Å². The quantitative estimate of drug-likeness (QED) is 0.854. The zero-order valence-electron chi connectivity index (χ0n) is 10.7. The number of aromatic nitrogens is 1. The van der Waals surface area contributed by atoms with E-state index in [-0.39, 0.29) is 0 Å². The maximum atomic E-state index is 9.03. The Bertz CT molecular complexity index is 525. The van der Waals surface area contributed by atoms with Gasteiger partial charge in [-0.1, -0.05) is 18.0 Å². The Morgan fingerprint density at radius 1 is 1.42 bits per heavy atom. The Kier molecular flexibility index (Phi) is 3.34. The van der Waals surface area contributed by atoms with Gasteiger partial charge in [-0.05, 0) is 30.7 Å². The van der Waals surface area contributed by atoms with E-state index < -0.39 is 0 Å². The van der Waals surface area contributed by atoms with Crippen molar-refractivity contribution in [1.82, 2.24) is 4.98 Å². The number of pyridine rings is 1. The number of hydrogen-bond acceptors (Lipinski definition) is 4. The van der Waals surface area contributed by atoms with E-state index in [1.54, 1.807) is 12.3 Å². The molecule has 3 rings (SSSR count). The van der Waals surface area contributed by atoms with E-state index in [0.717, 1.165) is 25.3 Å². The maximum absolute atomic E-state index is 9.03. The molecule has 1 saturated heterocycles. The van der Waals surface area contributed by atoms with Crippen LogP contribution in [0.2, 0.25) is 5.02 Å². The van der Waals surface area contributed by atoms with Crippen LogP contribution in [0.1, 0.15) is 24.8 Å². The standard InChI is InChI=1S/C14H17ClN4/c15-13-9(6-16)4-5-18-14(13)19-7-10-2-1-3-12(17)11(10)8-19/h4-5,10-12H,1-3,7-8,17H2. The number of rotatable bonds is 1. The highest BCUT2D eigenvalue weighted by atomic mass is 35.5. The van der Waals surface area contributed by atoms with Gasteiger partial charge in [-0.15, -0.1) is 0 Å². The van der Waals surface area contributed by atoms with Gasteiger partial charge < -0.3 is 10.6 Å². The van der Waals surface area contributed by atoms with Gasteiger partial charge in [0.1, 0.15) is 16.9 Å². The van der Waals surface area contributed by atoms with Gasteiger partial charge in [0.15, 0.2) is 0 Å². The van der Waals surface area contributed by atoms with Crippen LogP contribution in [0, 0.1) is 23.2 Å². The zero-order chi connectivity index (χ0) is 13.4. The molecule has 0 aromatic carbocycles. The van der Waals surface area contributed by atoms with Gasteiger partial charge in [-0.2, -0.15) is 5.26 Å². The van der Waals surface area contributed by atoms with Gasteiger partial charge in [0.05, 0.1) is 5.56 Å². The van der Waals surface area contributed by atoms with Crippen molar-refractivity contribution in [2.45, 2.75) is 25.3 Å². The smallest absolute Gasteiger partial charge is 0.148 e. The van der Waals surface area contributed by atoms with Gasteiger partial charge in [0.25, 0.3) is 0 Å². The van der Waals surface area contributed by atoms with Crippen LogP contribution in [-0.4, -0.2) is 24.1 Å². The molecular formula is C14H17ClN4. The molecule has 2 N–H and O–H groups in total. The molecule has 4 nitrogen and oxygen atoms in total. The molecule has 2 fully saturated rings. The number of hydrogen-bond donors (Lipinski definition) is 1. The number of fused-ring (bicyclic) bond motifs is 1. The van der Waals surface area contributed by atoms with Gasteiger partial charge in [0.2, 0.25) is 0 Å². The van der Waals surface area contributed by atoms with Crippen molar-refractivity contribution in [2.75, 3.05) is 18.0 Å². The first-order valence-electron chi connectivity index (χ1n) is 6.76. The molecule has 0 amide bonds. The molecule has 1 aliphatic carbocycles. The molecule has 0 bridgehead atoms. The van der Waals surface area contributed by atoms with Crippen molar-refractivity contribution < 1.29 is 0 Å². The van der Waals surface area contributed by atoms with E-state index in [2.05, 4.69) is 16.0 Å². The monoisotopic (exact) mass is 276 g/mol. The molecule has 2 aliphatic rings. The molecule has 1 aliphatic heterocycles. The lowest BCUT2D eigenvalue weighted by atomic mass is 9.78. The minimum absolute atomic E-state index is 0.293. The number of nitrogens with zero attached hydrogens (tertiary/aromatic N) is 3. The minimum atomic E-state index is 0.293. The van der Waals surface area contributed by atoms with Crippen molar-refractivity contribution in [2.24, 2.45) is 17.6 Å².